The van der Waals surface area contributed by atoms with Gasteiger partial charge in [0, 0.05) is 26.3 Å². The third-order valence-corrected chi connectivity index (χ3v) is 3.87. The molecule has 1 aliphatic rings. The van der Waals surface area contributed by atoms with Gasteiger partial charge in [0.05, 0.1) is 12.8 Å². The number of hydrogen-bond donors (Lipinski definition) is 1. The average molecular weight is 263 g/mol. The first-order chi connectivity index (χ1) is 9.11. The quantitative estimate of drug-likeness (QED) is 0.855. The molecule has 1 unspecified atom stereocenters. The van der Waals surface area contributed by atoms with Gasteiger partial charge in [-0.25, -0.2) is 4.98 Å². The molecule has 1 heterocycles. The van der Waals surface area contributed by atoms with Gasteiger partial charge in [0.2, 0.25) is 5.88 Å². The fourth-order valence-electron chi connectivity index (χ4n) is 2.63. The Morgan fingerprint density at radius 3 is 2.74 bits per heavy atom. The fraction of sp³-hybridized carbons (Fsp3) is 0.667. The molecule has 1 N–H and O–H groups in total. The zero-order valence-electron chi connectivity index (χ0n) is 12.4. The molecule has 4 heteroatoms. The van der Waals surface area contributed by atoms with Crippen LogP contribution in [-0.4, -0.2) is 32.2 Å². The van der Waals surface area contributed by atoms with E-state index in [4.69, 9.17) is 4.74 Å². The third-order valence-electron chi connectivity index (χ3n) is 3.87. The molecule has 1 aliphatic carbocycles. The first-order valence-corrected chi connectivity index (χ1v) is 7.08. The summed E-state index contributed by atoms with van der Waals surface area (Å²) in [5.74, 6) is 1.57. The van der Waals surface area contributed by atoms with E-state index < -0.39 is 0 Å². The Balaban J connectivity index is 2.11. The second kappa shape index (κ2) is 6.13. The number of rotatable bonds is 6. The lowest BCUT2D eigenvalue weighted by molar-refractivity contribution is 0.285. The van der Waals surface area contributed by atoms with Crippen molar-refractivity contribution in [1.29, 1.82) is 0 Å². The van der Waals surface area contributed by atoms with Crippen LogP contribution in [0, 0.1) is 5.92 Å². The summed E-state index contributed by atoms with van der Waals surface area (Å²) < 4.78 is 5.38. The normalized spacial score (nSPS) is 16.6. The van der Waals surface area contributed by atoms with Gasteiger partial charge < -0.3 is 15.0 Å². The summed E-state index contributed by atoms with van der Waals surface area (Å²) in [6.45, 7) is 2.24. The van der Waals surface area contributed by atoms with Crippen LogP contribution in [0.3, 0.4) is 0 Å². The Morgan fingerprint density at radius 2 is 2.21 bits per heavy atom. The summed E-state index contributed by atoms with van der Waals surface area (Å²) in [5, 5.41) is 3.58. The number of pyridine rings is 1. The molecule has 0 bridgehead atoms. The van der Waals surface area contributed by atoms with Crippen molar-refractivity contribution >= 4 is 11.4 Å². The van der Waals surface area contributed by atoms with Crippen molar-refractivity contribution in [1.82, 2.24) is 4.98 Å². The number of ether oxygens (including phenoxy) is 1. The molecular formula is C15H25N3O. The number of hydrogen-bond acceptors (Lipinski definition) is 4. The molecule has 2 rings (SSSR count). The predicted molar refractivity (Wildman–Crippen MR) is 80.2 cm³/mol. The maximum Gasteiger partial charge on any atom is 0.239 e. The van der Waals surface area contributed by atoms with Crippen LogP contribution in [0.1, 0.15) is 32.6 Å². The van der Waals surface area contributed by atoms with Crippen LogP contribution in [0.4, 0.5) is 11.4 Å². The minimum absolute atomic E-state index is 0.446. The molecule has 1 aromatic heterocycles. The van der Waals surface area contributed by atoms with E-state index >= 15 is 0 Å². The van der Waals surface area contributed by atoms with Crippen LogP contribution < -0.4 is 15.0 Å². The molecule has 19 heavy (non-hydrogen) atoms. The van der Waals surface area contributed by atoms with E-state index in [-0.39, 0.29) is 0 Å². The van der Waals surface area contributed by atoms with E-state index in [2.05, 4.69) is 22.1 Å². The molecule has 106 valence electrons. The van der Waals surface area contributed by atoms with Crippen LogP contribution in [-0.2, 0) is 0 Å². The molecule has 0 saturated heterocycles. The molecule has 1 atom stereocenters. The highest BCUT2D eigenvalue weighted by atomic mass is 16.5. The maximum absolute atomic E-state index is 5.38. The summed E-state index contributed by atoms with van der Waals surface area (Å²) in [7, 11) is 5.75. The van der Waals surface area contributed by atoms with Gasteiger partial charge in [-0.3, -0.25) is 0 Å². The smallest absolute Gasteiger partial charge is 0.239 e. The molecular weight excluding hydrogens is 238 g/mol. The van der Waals surface area contributed by atoms with Crippen LogP contribution in [0.15, 0.2) is 12.3 Å². The van der Waals surface area contributed by atoms with E-state index in [0.29, 0.717) is 11.9 Å². The van der Waals surface area contributed by atoms with Crippen molar-refractivity contribution in [2.75, 3.05) is 31.4 Å². The lowest BCUT2D eigenvalue weighted by Gasteiger charge is -2.30. The summed E-state index contributed by atoms with van der Waals surface area (Å²) in [6, 6.07) is 2.46. The number of anilines is 2. The van der Waals surface area contributed by atoms with Crippen LogP contribution in [0.5, 0.6) is 5.88 Å². The Hall–Kier alpha value is -1.45. The topological polar surface area (TPSA) is 37.4 Å². The number of aromatic nitrogens is 1. The maximum atomic E-state index is 5.38. The zero-order valence-corrected chi connectivity index (χ0v) is 12.4. The summed E-state index contributed by atoms with van der Waals surface area (Å²) in [5.41, 5.74) is 2.12. The van der Waals surface area contributed by atoms with E-state index in [1.165, 1.54) is 25.7 Å². The lowest BCUT2D eigenvalue weighted by Crippen LogP contribution is -2.24. The Kier molecular flexibility index (Phi) is 4.51. The molecule has 1 saturated carbocycles. The van der Waals surface area contributed by atoms with Gasteiger partial charge in [0.25, 0.3) is 0 Å². The number of nitrogens with one attached hydrogen (secondary N) is 1. The second-order valence-electron chi connectivity index (χ2n) is 5.69. The monoisotopic (exact) mass is 263 g/mol. The van der Waals surface area contributed by atoms with Gasteiger partial charge in [0.1, 0.15) is 5.69 Å². The number of nitrogens with zero attached hydrogens (tertiary/aromatic N) is 2. The Morgan fingerprint density at radius 1 is 1.47 bits per heavy atom. The minimum atomic E-state index is 0.446. The summed E-state index contributed by atoms with van der Waals surface area (Å²) in [6.07, 6.45) is 7.19. The summed E-state index contributed by atoms with van der Waals surface area (Å²) in [4.78, 5) is 6.38. The van der Waals surface area contributed by atoms with Crippen molar-refractivity contribution in [2.24, 2.45) is 5.92 Å². The van der Waals surface area contributed by atoms with E-state index in [1.54, 1.807) is 13.3 Å². The number of methoxy groups -OCH3 is 1. The molecule has 1 aromatic rings. The standard InChI is InChI=1S/C15H25N3O/c1-11(10-12-6-5-7-12)17-14-13(18(2)3)8-9-16-15(14)19-4/h8-9,11-12,17H,5-7,10H2,1-4H3. The average Bonchev–Trinajstić information content (AvgIpc) is 2.34. The first kappa shape index (κ1) is 14.0. The van der Waals surface area contributed by atoms with Crippen LogP contribution in [0.2, 0.25) is 0 Å². The Bertz CT molecular complexity index is 416. The van der Waals surface area contributed by atoms with E-state index in [0.717, 1.165) is 17.3 Å². The van der Waals surface area contributed by atoms with Gasteiger partial charge in [0.15, 0.2) is 0 Å². The molecule has 0 amide bonds. The van der Waals surface area contributed by atoms with Gasteiger partial charge >= 0.3 is 0 Å². The SMILES string of the molecule is COc1nccc(N(C)C)c1NC(C)CC1CCC1. The largest absolute Gasteiger partial charge is 0.479 e. The molecule has 4 nitrogen and oxygen atoms in total. The highest BCUT2D eigenvalue weighted by molar-refractivity contribution is 5.74. The minimum Gasteiger partial charge on any atom is -0.479 e. The van der Waals surface area contributed by atoms with Crippen molar-refractivity contribution in [3.8, 4) is 5.88 Å². The molecule has 0 aromatic carbocycles. The predicted octanol–water partition coefficient (Wildman–Crippen LogP) is 3.15. The second-order valence-corrected chi connectivity index (χ2v) is 5.69. The van der Waals surface area contributed by atoms with Crippen LogP contribution >= 0.6 is 0 Å². The van der Waals surface area contributed by atoms with Gasteiger partial charge in [-0.2, -0.15) is 0 Å². The molecule has 1 fully saturated rings. The van der Waals surface area contributed by atoms with Crippen molar-refractivity contribution in [2.45, 2.75) is 38.6 Å². The van der Waals surface area contributed by atoms with E-state index in [9.17, 15) is 0 Å². The van der Waals surface area contributed by atoms with Crippen molar-refractivity contribution in [3.63, 3.8) is 0 Å². The van der Waals surface area contributed by atoms with Gasteiger partial charge in [-0.05, 0) is 25.3 Å². The molecule has 0 radical (unpaired) electrons. The molecule has 0 spiro atoms. The van der Waals surface area contributed by atoms with Gasteiger partial charge in [-0.15, -0.1) is 0 Å². The van der Waals surface area contributed by atoms with Gasteiger partial charge in [-0.1, -0.05) is 19.3 Å². The fourth-order valence-corrected chi connectivity index (χ4v) is 2.63. The van der Waals surface area contributed by atoms with Crippen molar-refractivity contribution < 1.29 is 4.74 Å². The Labute approximate surface area is 116 Å². The molecule has 0 aliphatic heterocycles. The summed E-state index contributed by atoms with van der Waals surface area (Å²) >= 11 is 0. The van der Waals surface area contributed by atoms with E-state index in [1.807, 2.05) is 20.2 Å². The van der Waals surface area contributed by atoms with Crippen molar-refractivity contribution in [3.05, 3.63) is 12.3 Å². The zero-order chi connectivity index (χ0) is 13.8. The highest BCUT2D eigenvalue weighted by Gasteiger charge is 2.21. The van der Waals surface area contributed by atoms with Crippen LogP contribution in [0.25, 0.3) is 0 Å². The lowest BCUT2D eigenvalue weighted by atomic mass is 9.81. The highest BCUT2D eigenvalue weighted by Crippen LogP contribution is 2.35. The first-order valence-electron chi connectivity index (χ1n) is 7.08. The third kappa shape index (κ3) is 3.31.